The van der Waals surface area contributed by atoms with Crippen LogP contribution in [0.1, 0.15) is 25.3 Å². The molecule has 2 rings (SSSR count). The Morgan fingerprint density at radius 3 is 2.77 bits per heavy atom. The van der Waals surface area contributed by atoms with Gasteiger partial charge in [0.05, 0.1) is 5.71 Å². The Morgan fingerprint density at radius 2 is 2.15 bits per heavy atom. The van der Waals surface area contributed by atoms with Crippen LogP contribution in [0.2, 0.25) is 0 Å². The lowest BCUT2D eigenvalue weighted by Gasteiger charge is -2.03. The minimum Gasteiger partial charge on any atom is -0.306 e. The average molecular weight is 174 g/mol. The van der Waals surface area contributed by atoms with Crippen LogP contribution in [-0.2, 0) is 0 Å². The molecule has 1 aliphatic heterocycles. The van der Waals surface area contributed by atoms with Gasteiger partial charge < -0.3 is 5.43 Å². The van der Waals surface area contributed by atoms with Crippen LogP contribution < -0.4 is 5.43 Å². The molecule has 68 valence electrons. The molecule has 1 atom stereocenters. The van der Waals surface area contributed by atoms with E-state index in [4.69, 9.17) is 0 Å². The third kappa shape index (κ3) is 1.72. The van der Waals surface area contributed by atoms with Gasteiger partial charge in [-0.2, -0.15) is 5.10 Å². The molecule has 0 bridgehead atoms. The Morgan fingerprint density at radius 1 is 1.38 bits per heavy atom. The fourth-order valence-electron chi connectivity index (χ4n) is 1.54. The van der Waals surface area contributed by atoms with E-state index in [1.807, 2.05) is 6.07 Å². The molecule has 0 spiro atoms. The molecule has 1 aromatic rings. The molecule has 1 aliphatic rings. The van der Waals surface area contributed by atoms with Gasteiger partial charge in [-0.25, -0.2) is 0 Å². The number of hydrazone groups is 1. The minimum absolute atomic E-state index is 0.537. The summed E-state index contributed by atoms with van der Waals surface area (Å²) in [4.78, 5) is 0. The Bertz CT molecular complexity index is 303. The van der Waals surface area contributed by atoms with Crippen LogP contribution in [-0.4, -0.2) is 11.8 Å². The summed E-state index contributed by atoms with van der Waals surface area (Å²) in [5, 5.41) is 4.32. The molecule has 13 heavy (non-hydrogen) atoms. The van der Waals surface area contributed by atoms with Gasteiger partial charge in [0.15, 0.2) is 0 Å². The molecule has 0 radical (unpaired) electrons. The predicted molar refractivity (Wildman–Crippen MR) is 54.8 cm³/mol. The molecule has 0 aromatic heterocycles. The van der Waals surface area contributed by atoms with Crippen molar-refractivity contribution in [1.29, 1.82) is 0 Å². The van der Waals surface area contributed by atoms with Crippen molar-refractivity contribution < 1.29 is 0 Å². The smallest absolute Gasteiger partial charge is 0.0696 e. The Labute approximate surface area is 78.7 Å². The highest BCUT2D eigenvalue weighted by Gasteiger charge is 2.16. The van der Waals surface area contributed by atoms with E-state index < -0.39 is 0 Å². The summed E-state index contributed by atoms with van der Waals surface area (Å²) in [6.07, 6.45) is 2.19. The third-order valence-corrected chi connectivity index (χ3v) is 2.42. The zero-order valence-corrected chi connectivity index (χ0v) is 7.83. The summed E-state index contributed by atoms with van der Waals surface area (Å²) in [5.74, 6) is 0. The van der Waals surface area contributed by atoms with Gasteiger partial charge in [-0.3, -0.25) is 0 Å². The molecule has 0 aliphatic carbocycles. The molecule has 2 nitrogen and oxygen atoms in total. The van der Waals surface area contributed by atoms with Crippen molar-refractivity contribution in [3.8, 4) is 0 Å². The number of rotatable bonds is 2. The van der Waals surface area contributed by atoms with Gasteiger partial charge in [0.2, 0.25) is 0 Å². The van der Waals surface area contributed by atoms with E-state index in [1.165, 1.54) is 11.3 Å². The molecule has 1 unspecified atom stereocenters. The van der Waals surface area contributed by atoms with Crippen LogP contribution in [0.15, 0.2) is 35.4 Å². The lowest BCUT2D eigenvalue weighted by molar-refractivity contribution is 0.568. The second-order valence-electron chi connectivity index (χ2n) is 3.36. The molecular weight excluding hydrogens is 160 g/mol. The Hall–Kier alpha value is -1.31. The normalized spacial score (nSPS) is 21.0. The molecule has 1 heterocycles. The number of nitrogens with zero attached hydrogens (tertiary/aromatic N) is 1. The van der Waals surface area contributed by atoms with Crippen LogP contribution in [0.25, 0.3) is 0 Å². The molecule has 2 heteroatoms. The zero-order chi connectivity index (χ0) is 9.10. The molecular formula is C11H14N2. The van der Waals surface area contributed by atoms with Crippen molar-refractivity contribution in [1.82, 2.24) is 5.43 Å². The average Bonchev–Trinajstić information content (AvgIpc) is 2.67. The summed E-state index contributed by atoms with van der Waals surface area (Å²) >= 11 is 0. The van der Waals surface area contributed by atoms with Crippen molar-refractivity contribution in [2.45, 2.75) is 25.8 Å². The van der Waals surface area contributed by atoms with E-state index >= 15 is 0 Å². The van der Waals surface area contributed by atoms with Crippen molar-refractivity contribution in [2.75, 3.05) is 0 Å². The standard InChI is InChI=1S/C11H14N2/c1-2-10-8-11(13-12-10)9-6-4-3-5-7-9/h3-7,10,12H,2,8H2,1H3. The zero-order valence-electron chi connectivity index (χ0n) is 7.83. The SMILES string of the molecule is CCC1CC(c2ccccc2)=NN1. The topological polar surface area (TPSA) is 24.4 Å². The molecule has 0 amide bonds. The van der Waals surface area contributed by atoms with Gasteiger partial charge in [0.1, 0.15) is 0 Å². The van der Waals surface area contributed by atoms with Crippen LogP contribution >= 0.6 is 0 Å². The van der Waals surface area contributed by atoms with E-state index in [0.29, 0.717) is 6.04 Å². The molecule has 0 fully saturated rings. The summed E-state index contributed by atoms with van der Waals surface area (Å²) in [5.41, 5.74) is 5.57. The summed E-state index contributed by atoms with van der Waals surface area (Å²) < 4.78 is 0. The second-order valence-corrected chi connectivity index (χ2v) is 3.36. The molecule has 0 saturated heterocycles. The first-order valence-electron chi connectivity index (χ1n) is 4.77. The van der Waals surface area contributed by atoms with Gasteiger partial charge in [0.25, 0.3) is 0 Å². The molecule has 1 N–H and O–H groups in total. The van der Waals surface area contributed by atoms with Crippen molar-refractivity contribution >= 4 is 5.71 Å². The highest BCUT2D eigenvalue weighted by atomic mass is 15.3. The minimum atomic E-state index is 0.537. The fourth-order valence-corrected chi connectivity index (χ4v) is 1.54. The third-order valence-electron chi connectivity index (χ3n) is 2.42. The number of hydrogen-bond donors (Lipinski definition) is 1. The van der Waals surface area contributed by atoms with Crippen molar-refractivity contribution in [3.05, 3.63) is 35.9 Å². The van der Waals surface area contributed by atoms with E-state index in [1.54, 1.807) is 0 Å². The summed E-state index contributed by atoms with van der Waals surface area (Å²) in [7, 11) is 0. The van der Waals surface area contributed by atoms with E-state index in [2.05, 4.69) is 41.7 Å². The Balaban J connectivity index is 2.12. The highest BCUT2D eigenvalue weighted by molar-refractivity contribution is 6.01. The Kier molecular flexibility index (Phi) is 2.30. The lowest BCUT2D eigenvalue weighted by atomic mass is 10.0. The maximum Gasteiger partial charge on any atom is 0.0696 e. The van der Waals surface area contributed by atoms with Gasteiger partial charge in [-0.05, 0) is 12.0 Å². The number of benzene rings is 1. The maximum atomic E-state index is 4.32. The van der Waals surface area contributed by atoms with Gasteiger partial charge in [-0.1, -0.05) is 37.3 Å². The molecule has 1 aromatic carbocycles. The van der Waals surface area contributed by atoms with Crippen LogP contribution in [0.3, 0.4) is 0 Å². The monoisotopic (exact) mass is 174 g/mol. The number of nitrogens with one attached hydrogen (secondary N) is 1. The summed E-state index contributed by atoms with van der Waals surface area (Å²) in [6.45, 7) is 2.18. The van der Waals surface area contributed by atoms with Crippen LogP contribution in [0.5, 0.6) is 0 Å². The predicted octanol–water partition coefficient (Wildman–Crippen LogP) is 2.16. The van der Waals surface area contributed by atoms with Crippen molar-refractivity contribution in [3.63, 3.8) is 0 Å². The summed E-state index contributed by atoms with van der Waals surface area (Å²) in [6, 6.07) is 10.9. The largest absolute Gasteiger partial charge is 0.306 e. The van der Waals surface area contributed by atoms with Crippen molar-refractivity contribution in [2.24, 2.45) is 5.10 Å². The molecule has 0 saturated carbocycles. The maximum absolute atomic E-state index is 4.32. The lowest BCUT2D eigenvalue weighted by Crippen LogP contribution is -2.17. The van der Waals surface area contributed by atoms with Crippen LogP contribution in [0, 0.1) is 0 Å². The first kappa shape index (κ1) is 8.30. The van der Waals surface area contributed by atoms with Gasteiger partial charge in [0, 0.05) is 12.5 Å². The first-order chi connectivity index (χ1) is 6.40. The highest BCUT2D eigenvalue weighted by Crippen LogP contribution is 2.13. The first-order valence-corrected chi connectivity index (χ1v) is 4.77. The van der Waals surface area contributed by atoms with Gasteiger partial charge in [-0.15, -0.1) is 0 Å². The van der Waals surface area contributed by atoms with E-state index in [-0.39, 0.29) is 0 Å². The fraction of sp³-hybridized carbons (Fsp3) is 0.364. The van der Waals surface area contributed by atoms with Crippen LogP contribution in [0.4, 0.5) is 0 Å². The van der Waals surface area contributed by atoms with Gasteiger partial charge >= 0.3 is 0 Å². The quantitative estimate of drug-likeness (QED) is 0.730. The second kappa shape index (κ2) is 3.60. The van der Waals surface area contributed by atoms with E-state index in [0.717, 1.165) is 12.8 Å². The number of hydrogen-bond acceptors (Lipinski definition) is 2. The van der Waals surface area contributed by atoms with E-state index in [9.17, 15) is 0 Å².